The summed E-state index contributed by atoms with van der Waals surface area (Å²) in [4.78, 5) is 9.00. The maximum atomic E-state index is 6.26. The highest BCUT2D eigenvalue weighted by Gasteiger charge is 2.09. The molecule has 0 aliphatic rings. The third-order valence-corrected chi connectivity index (χ3v) is 4.81. The minimum Gasteiger partial charge on any atom is -0.261 e. The standard InChI is InChI=1S/C18H17ClN2.C8H7Cl/c1-5-16(14-8-7-11-20-13(14)4)21-17-10-6-9-15(19)18(17)12(2)3;1-2-7-3-5-8(9)6-4-7/h5-11H,1-2H2,3-4H3;2-6H,1H2. The molecule has 3 rings (SSSR count). The van der Waals surface area contributed by atoms with E-state index in [1.54, 1.807) is 18.3 Å². The molecule has 0 saturated carbocycles. The molecule has 30 heavy (non-hydrogen) atoms. The highest BCUT2D eigenvalue weighted by atomic mass is 35.5. The highest BCUT2D eigenvalue weighted by Crippen LogP contribution is 2.32. The summed E-state index contributed by atoms with van der Waals surface area (Å²) in [6.45, 7) is 15.3. The van der Waals surface area contributed by atoms with Crippen molar-refractivity contribution in [3.05, 3.63) is 119 Å². The van der Waals surface area contributed by atoms with Gasteiger partial charge in [-0.3, -0.25) is 4.98 Å². The van der Waals surface area contributed by atoms with Crippen molar-refractivity contribution in [1.29, 1.82) is 0 Å². The van der Waals surface area contributed by atoms with Crippen LogP contribution in [0.3, 0.4) is 0 Å². The molecule has 0 aliphatic carbocycles. The molecule has 3 aromatic rings. The van der Waals surface area contributed by atoms with E-state index in [-0.39, 0.29) is 0 Å². The molecule has 1 heterocycles. The molecule has 0 atom stereocenters. The van der Waals surface area contributed by atoms with E-state index in [1.807, 2.05) is 68.4 Å². The molecule has 0 N–H and O–H groups in total. The van der Waals surface area contributed by atoms with Crippen molar-refractivity contribution in [3.63, 3.8) is 0 Å². The SMILES string of the molecule is C=CC(=Nc1cccc(Cl)c1C(=C)C)c1cccnc1C.C=Cc1ccc(Cl)cc1. The minimum absolute atomic E-state index is 0.648. The molecular formula is C26H24Cl2N2. The van der Waals surface area contributed by atoms with E-state index in [9.17, 15) is 0 Å². The van der Waals surface area contributed by atoms with Crippen molar-refractivity contribution >= 4 is 46.3 Å². The average Bonchev–Trinajstić information content (AvgIpc) is 2.73. The van der Waals surface area contributed by atoms with E-state index in [4.69, 9.17) is 28.2 Å². The zero-order chi connectivity index (χ0) is 22.1. The molecule has 0 aliphatic heterocycles. The van der Waals surface area contributed by atoms with Crippen LogP contribution in [-0.2, 0) is 0 Å². The van der Waals surface area contributed by atoms with Crippen LogP contribution in [0.15, 0.2) is 91.6 Å². The van der Waals surface area contributed by atoms with Crippen molar-refractivity contribution in [1.82, 2.24) is 4.98 Å². The molecule has 0 saturated heterocycles. The summed E-state index contributed by atoms with van der Waals surface area (Å²) in [5.74, 6) is 0. The van der Waals surface area contributed by atoms with E-state index in [1.165, 1.54) is 0 Å². The van der Waals surface area contributed by atoms with E-state index >= 15 is 0 Å². The number of rotatable bonds is 5. The van der Waals surface area contributed by atoms with Gasteiger partial charge < -0.3 is 0 Å². The lowest BCUT2D eigenvalue weighted by Crippen LogP contribution is -2.01. The first kappa shape index (κ1) is 23.3. The quantitative estimate of drug-likeness (QED) is 0.370. The molecule has 2 aromatic carbocycles. The van der Waals surface area contributed by atoms with Crippen LogP contribution in [0.25, 0.3) is 11.6 Å². The number of aryl methyl sites for hydroxylation is 1. The van der Waals surface area contributed by atoms with Crippen molar-refractivity contribution < 1.29 is 0 Å². The van der Waals surface area contributed by atoms with Gasteiger partial charge in [0.1, 0.15) is 0 Å². The number of hydrogen-bond acceptors (Lipinski definition) is 2. The second-order valence-corrected chi connectivity index (χ2v) is 7.35. The molecule has 152 valence electrons. The largest absolute Gasteiger partial charge is 0.261 e. The van der Waals surface area contributed by atoms with Gasteiger partial charge in [-0.1, -0.05) is 67.2 Å². The van der Waals surface area contributed by atoms with Gasteiger partial charge in [0.05, 0.1) is 16.4 Å². The monoisotopic (exact) mass is 434 g/mol. The summed E-state index contributed by atoms with van der Waals surface area (Å²) in [7, 11) is 0. The van der Waals surface area contributed by atoms with E-state index in [2.05, 4.69) is 24.7 Å². The molecule has 0 bridgehead atoms. The lowest BCUT2D eigenvalue weighted by molar-refractivity contribution is 1.19. The highest BCUT2D eigenvalue weighted by molar-refractivity contribution is 6.33. The fraction of sp³-hybridized carbons (Fsp3) is 0.0769. The number of aliphatic imine (C=N–C) groups is 1. The van der Waals surface area contributed by atoms with Gasteiger partial charge in [-0.2, -0.15) is 0 Å². The van der Waals surface area contributed by atoms with Crippen LogP contribution in [0.5, 0.6) is 0 Å². The van der Waals surface area contributed by atoms with Gasteiger partial charge >= 0.3 is 0 Å². The Morgan fingerprint density at radius 2 is 1.70 bits per heavy atom. The second kappa shape index (κ2) is 11.3. The fourth-order valence-electron chi connectivity index (χ4n) is 2.73. The molecule has 0 amide bonds. The van der Waals surface area contributed by atoms with E-state index < -0.39 is 0 Å². The minimum atomic E-state index is 0.648. The number of hydrogen-bond donors (Lipinski definition) is 0. The lowest BCUT2D eigenvalue weighted by atomic mass is 10.1. The Morgan fingerprint density at radius 1 is 1.00 bits per heavy atom. The summed E-state index contributed by atoms with van der Waals surface area (Å²) in [6, 6.07) is 17.1. The smallest absolute Gasteiger partial charge is 0.0726 e. The van der Waals surface area contributed by atoms with E-state index in [0.717, 1.165) is 44.4 Å². The van der Waals surface area contributed by atoms with Gasteiger partial charge in [0, 0.05) is 28.0 Å². The Balaban J connectivity index is 0.000000297. The Hall–Kier alpha value is -2.94. The molecule has 0 unspecified atom stereocenters. The number of pyridine rings is 1. The predicted octanol–water partition coefficient (Wildman–Crippen LogP) is 8.37. The molecule has 0 radical (unpaired) electrons. The van der Waals surface area contributed by atoms with Crippen molar-refractivity contribution in [2.45, 2.75) is 13.8 Å². The van der Waals surface area contributed by atoms with E-state index in [0.29, 0.717) is 5.02 Å². The maximum absolute atomic E-state index is 6.26. The van der Waals surface area contributed by atoms with Crippen molar-refractivity contribution in [2.24, 2.45) is 4.99 Å². The number of allylic oxidation sites excluding steroid dienone is 2. The summed E-state index contributed by atoms with van der Waals surface area (Å²) in [5.41, 5.74) is 6.26. The summed E-state index contributed by atoms with van der Waals surface area (Å²) in [5, 5.41) is 1.41. The van der Waals surface area contributed by atoms with Gasteiger partial charge in [-0.15, -0.1) is 0 Å². The Labute approximate surface area is 188 Å². The zero-order valence-corrected chi connectivity index (χ0v) is 18.7. The second-order valence-electron chi connectivity index (χ2n) is 6.51. The normalized spacial score (nSPS) is 10.6. The number of halogens is 2. The first-order chi connectivity index (χ1) is 14.4. The van der Waals surface area contributed by atoms with Gasteiger partial charge in [0.15, 0.2) is 0 Å². The lowest BCUT2D eigenvalue weighted by Gasteiger charge is -2.10. The summed E-state index contributed by atoms with van der Waals surface area (Å²) in [6.07, 6.45) is 5.28. The molecular weight excluding hydrogens is 411 g/mol. The molecule has 4 heteroatoms. The molecule has 0 fully saturated rings. The van der Waals surface area contributed by atoms with Crippen molar-refractivity contribution in [2.75, 3.05) is 0 Å². The van der Waals surface area contributed by atoms with Crippen LogP contribution < -0.4 is 0 Å². The Morgan fingerprint density at radius 3 is 2.27 bits per heavy atom. The zero-order valence-electron chi connectivity index (χ0n) is 17.2. The first-order valence-electron chi connectivity index (χ1n) is 9.33. The first-order valence-corrected chi connectivity index (χ1v) is 10.1. The maximum Gasteiger partial charge on any atom is 0.0726 e. The topological polar surface area (TPSA) is 25.2 Å². The van der Waals surface area contributed by atoms with Crippen LogP contribution in [-0.4, -0.2) is 10.7 Å². The molecule has 1 aromatic heterocycles. The van der Waals surface area contributed by atoms with Crippen LogP contribution >= 0.6 is 23.2 Å². The molecule has 2 nitrogen and oxygen atoms in total. The number of aromatic nitrogens is 1. The fourth-order valence-corrected chi connectivity index (χ4v) is 3.18. The average molecular weight is 435 g/mol. The van der Waals surface area contributed by atoms with Crippen LogP contribution in [0.2, 0.25) is 10.0 Å². The Bertz CT molecular complexity index is 1080. The van der Waals surface area contributed by atoms with Crippen LogP contribution in [0, 0.1) is 6.92 Å². The summed E-state index contributed by atoms with van der Waals surface area (Å²) < 4.78 is 0. The summed E-state index contributed by atoms with van der Waals surface area (Å²) >= 11 is 11.9. The van der Waals surface area contributed by atoms with Gasteiger partial charge in [0.2, 0.25) is 0 Å². The Kier molecular flexibility index (Phi) is 8.79. The van der Waals surface area contributed by atoms with Crippen molar-refractivity contribution in [3.8, 4) is 0 Å². The third kappa shape index (κ3) is 6.28. The number of nitrogens with zero attached hydrogens (tertiary/aromatic N) is 2. The predicted molar refractivity (Wildman–Crippen MR) is 133 cm³/mol. The molecule has 0 spiro atoms. The third-order valence-electron chi connectivity index (χ3n) is 4.24. The van der Waals surface area contributed by atoms with Gasteiger partial charge in [-0.25, -0.2) is 4.99 Å². The number of benzene rings is 2. The van der Waals surface area contributed by atoms with Gasteiger partial charge in [-0.05, 0) is 67.5 Å². The van der Waals surface area contributed by atoms with Crippen LogP contribution in [0.4, 0.5) is 5.69 Å². The van der Waals surface area contributed by atoms with Gasteiger partial charge in [0.25, 0.3) is 0 Å². The van der Waals surface area contributed by atoms with Crippen LogP contribution in [0.1, 0.15) is 29.3 Å².